The number of para-hydroxylation sites is 1. The zero-order valence-electron chi connectivity index (χ0n) is 13.4. The number of aromatic nitrogens is 4. The molecule has 1 atom stereocenters. The Kier molecular flexibility index (Phi) is 3.95. The van der Waals surface area contributed by atoms with Gasteiger partial charge in [-0.25, -0.2) is 13.8 Å². The molecule has 0 fully saturated rings. The van der Waals surface area contributed by atoms with Crippen LogP contribution in [0, 0.1) is 5.92 Å². The molecule has 1 amide bonds. The smallest absolute Gasteiger partial charge is 0.257 e. The number of nitrogens with one attached hydrogen (secondary N) is 1. The molecule has 0 radical (unpaired) electrons. The molecule has 3 heterocycles. The topological polar surface area (TPSA) is 64.7 Å². The largest absolute Gasteiger partial charge is 0.334 e. The van der Waals surface area contributed by atoms with Gasteiger partial charge in [-0.1, -0.05) is 12.1 Å². The lowest BCUT2D eigenvalue weighted by molar-refractivity contribution is -0.120. The van der Waals surface area contributed by atoms with Gasteiger partial charge in [-0.3, -0.25) is 9.48 Å². The predicted octanol–water partition coefficient (Wildman–Crippen LogP) is 2.70. The number of amides is 1. The van der Waals surface area contributed by atoms with Crippen molar-refractivity contribution in [2.24, 2.45) is 5.92 Å². The highest BCUT2D eigenvalue weighted by Crippen LogP contribution is 2.25. The monoisotopic (exact) mass is 345 g/mol. The Hall–Kier alpha value is -2.77. The summed E-state index contributed by atoms with van der Waals surface area (Å²) in [4.78, 5) is 16.9. The summed E-state index contributed by atoms with van der Waals surface area (Å²) in [6, 6.07) is 7.05. The lowest BCUT2D eigenvalue weighted by Gasteiger charge is -2.22. The van der Waals surface area contributed by atoms with Crippen LogP contribution in [0.4, 0.5) is 14.6 Å². The summed E-state index contributed by atoms with van der Waals surface area (Å²) < 4.78 is 28.7. The zero-order chi connectivity index (χ0) is 17.4. The molecule has 2 aromatic heterocycles. The van der Waals surface area contributed by atoms with E-state index in [1.54, 1.807) is 30.5 Å². The Bertz CT molecular complexity index is 917. The summed E-state index contributed by atoms with van der Waals surface area (Å²) in [6.07, 6.45) is 2.53. The molecule has 130 valence electrons. The van der Waals surface area contributed by atoms with Gasteiger partial charge in [0, 0.05) is 30.7 Å². The molecular weight excluding hydrogens is 328 g/mol. The Morgan fingerprint density at radius 1 is 1.36 bits per heavy atom. The van der Waals surface area contributed by atoms with Gasteiger partial charge in [-0.05, 0) is 18.6 Å². The first-order valence-electron chi connectivity index (χ1n) is 8.16. The standard InChI is InChI=1S/C17H17F2N5O/c18-14(19)10-24-13-4-2-1-3-12(13)16(22-24)21-17(25)11-5-6-15-20-7-8-23(15)9-11/h1-4,7-8,11,14H,5-6,9-10H2,(H,21,22,25). The number of aryl methyl sites for hydroxylation is 1. The SMILES string of the molecule is O=C(Nc1nn(CC(F)F)c2ccccc12)C1CCc2nccn2C1. The van der Waals surface area contributed by atoms with Crippen LogP contribution in [0.15, 0.2) is 36.7 Å². The van der Waals surface area contributed by atoms with Crippen molar-refractivity contribution in [2.75, 3.05) is 5.32 Å². The maximum Gasteiger partial charge on any atom is 0.257 e. The second kappa shape index (κ2) is 6.27. The minimum atomic E-state index is -2.51. The zero-order valence-corrected chi connectivity index (χ0v) is 13.4. The van der Waals surface area contributed by atoms with E-state index in [-0.39, 0.29) is 11.8 Å². The third-order valence-corrected chi connectivity index (χ3v) is 4.52. The second-order valence-electron chi connectivity index (χ2n) is 6.16. The molecule has 0 saturated heterocycles. The van der Waals surface area contributed by atoms with Crippen molar-refractivity contribution < 1.29 is 13.6 Å². The predicted molar refractivity (Wildman–Crippen MR) is 88.4 cm³/mol. The van der Waals surface area contributed by atoms with Crippen molar-refractivity contribution in [3.05, 3.63) is 42.5 Å². The van der Waals surface area contributed by atoms with E-state index in [0.29, 0.717) is 29.7 Å². The lowest BCUT2D eigenvalue weighted by atomic mass is 9.98. The number of carbonyl (C=O) groups excluding carboxylic acids is 1. The first-order chi connectivity index (χ1) is 12.1. The summed E-state index contributed by atoms with van der Waals surface area (Å²) in [6.45, 7) is 0.0645. The van der Waals surface area contributed by atoms with Gasteiger partial charge in [0.15, 0.2) is 5.82 Å². The molecule has 6 nitrogen and oxygen atoms in total. The highest BCUT2D eigenvalue weighted by molar-refractivity contribution is 6.00. The van der Waals surface area contributed by atoms with Gasteiger partial charge < -0.3 is 9.88 Å². The number of carbonyl (C=O) groups is 1. The van der Waals surface area contributed by atoms with Crippen LogP contribution in [0.25, 0.3) is 10.9 Å². The average Bonchev–Trinajstić information content (AvgIpc) is 3.19. The lowest BCUT2D eigenvalue weighted by Crippen LogP contribution is -2.31. The number of hydrogen-bond acceptors (Lipinski definition) is 3. The number of halogens is 2. The number of anilines is 1. The molecule has 3 aromatic rings. The molecule has 0 bridgehead atoms. The highest BCUT2D eigenvalue weighted by Gasteiger charge is 2.26. The van der Waals surface area contributed by atoms with Crippen LogP contribution in [0.2, 0.25) is 0 Å². The summed E-state index contributed by atoms with van der Waals surface area (Å²) in [5, 5.41) is 7.67. The van der Waals surface area contributed by atoms with Gasteiger partial charge in [-0.15, -0.1) is 0 Å². The average molecular weight is 345 g/mol. The molecule has 25 heavy (non-hydrogen) atoms. The van der Waals surface area contributed by atoms with Gasteiger partial charge in [0.05, 0.1) is 11.4 Å². The van der Waals surface area contributed by atoms with Crippen LogP contribution in [0.5, 0.6) is 0 Å². The first kappa shape index (κ1) is 15.7. The molecule has 1 aliphatic heterocycles. The molecule has 8 heteroatoms. The second-order valence-corrected chi connectivity index (χ2v) is 6.16. The molecule has 1 aromatic carbocycles. The van der Waals surface area contributed by atoms with E-state index in [9.17, 15) is 13.6 Å². The Balaban J connectivity index is 1.57. The Labute approximate surface area is 142 Å². The van der Waals surface area contributed by atoms with E-state index in [2.05, 4.69) is 15.4 Å². The maximum absolute atomic E-state index is 12.8. The molecule has 0 spiro atoms. The fourth-order valence-electron chi connectivity index (χ4n) is 3.29. The van der Waals surface area contributed by atoms with Gasteiger partial charge in [-0.2, -0.15) is 5.10 Å². The molecule has 4 rings (SSSR count). The summed E-state index contributed by atoms with van der Waals surface area (Å²) in [5.74, 6) is 0.973. The number of nitrogens with zero attached hydrogens (tertiary/aromatic N) is 4. The Morgan fingerprint density at radius 3 is 3.04 bits per heavy atom. The van der Waals surface area contributed by atoms with Crippen molar-refractivity contribution in [3.8, 4) is 0 Å². The fourth-order valence-corrected chi connectivity index (χ4v) is 3.29. The van der Waals surface area contributed by atoms with Crippen molar-refractivity contribution in [1.29, 1.82) is 0 Å². The van der Waals surface area contributed by atoms with Crippen molar-refractivity contribution >= 4 is 22.6 Å². The quantitative estimate of drug-likeness (QED) is 0.791. The van der Waals surface area contributed by atoms with Gasteiger partial charge in [0.2, 0.25) is 5.91 Å². The highest BCUT2D eigenvalue weighted by atomic mass is 19.3. The molecule has 1 N–H and O–H groups in total. The molecular formula is C17H17F2N5O. The van der Waals surface area contributed by atoms with Gasteiger partial charge in [0.1, 0.15) is 12.4 Å². The number of alkyl halides is 2. The van der Waals surface area contributed by atoms with Gasteiger partial charge in [0.25, 0.3) is 6.43 Å². The van der Waals surface area contributed by atoms with Crippen LogP contribution < -0.4 is 5.32 Å². The minimum absolute atomic E-state index is 0.146. The van der Waals surface area contributed by atoms with Crippen LogP contribution in [0.1, 0.15) is 12.2 Å². The third kappa shape index (κ3) is 2.99. The molecule has 0 aliphatic carbocycles. The van der Waals surface area contributed by atoms with Crippen LogP contribution in [-0.2, 0) is 24.3 Å². The Morgan fingerprint density at radius 2 is 2.20 bits per heavy atom. The van der Waals surface area contributed by atoms with Crippen molar-refractivity contribution in [2.45, 2.75) is 32.4 Å². The van der Waals surface area contributed by atoms with E-state index < -0.39 is 13.0 Å². The number of imidazole rings is 1. The van der Waals surface area contributed by atoms with E-state index >= 15 is 0 Å². The summed E-state index contributed by atoms with van der Waals surface area (Å²) in [5.41, 5.74) is 0.582. The van der Waals surface area contributed by atoms with E-state index in [4.69, 9.17) is 0 Å². The molecule has 1 aliphatic rings. The van der Waals surface area contributed by atoms with Crippen LogP contribution >= 0.6 is 0 Å². The number of fused-ring (bicyclic) bond motifs is 2. The fraction of sp³-hybridized carbons (Fsp3) is 0.353. The van der Waals surface area contributed by atoms with E-state index in [1.807, 2.05) is 10.8 Å². The van der Waals surface area contributed by atoms with Crippen LogP contribution in [0.3, 0.4) is 0 Å². The number of rotatable bonds is 4. The van der Waals surface area contributed by atoms with Gasteiger partial charge >= 0.3 is 0 Å². The van der Waals surface area contributed by atoms with Crippen molar-refractivity contribution in [3.63, 3.8) is 0 Å². The molecule has 1 unspecified atom stereocenters. The van der Waals surface area contributed by atoms with E-state index in [0.717, 1.165) is 12.2 Å². The van der Waals surface area contributed by atoms with E-state index in [1.165, 1.54) is 4.68 Å². The molecule has 0 saturated carbocycles. The minimum Gasteiger partial charge on any atom is -0.334 e. The normalized spacial score (nSPS) is 17.0. The summed E-state index contributed by atoms with van der Waals surface area (Å²) in [7, 11) is 0. The van der Waals surface area contributed by atoms with Crippen LogP contribution in [-0.4, -0.2) is 31.7 Å². The summed E-state index contributed by atoms with van der Waals surface area (Å²) >= 11 is 0. The first-order valence-corrected chi connectivity index (χ1v) is 8.16. The third-order valence-electron chi connectivity index (χ3n) is 4.52. The maximum atomic E-state index is 12.8. The number of hydrogen-bond donors (Lipinski definition) is 1. The van der Waals surface area contributed by atoms with Crippen molar-refractivity contribution in [1.82, 2.24) is 19.3 Å². The number of benzene rings is 1.